The Labute approximate surface area is 254 Å². The molecule has 1 aromatic heterocycles. The molecule has 1 fully saturated rings. The molecule has 3 N–H and O–H groups in total. The first-order valence-electron chi connectivity index (χ1n) is 8.13. The Morgan fingerprint density at radius 3 is 2.05 bits per heavy atom. The van der Waals surface area contributed by atoms with Gasteiger partial charge in [-0.15, -0.1) is 0 Å². The van der Waals surface area contributed by atoms with Gasteiger partial charge in [-0.3, -0.25) is 27.8 Å². The zero-order valence-corrected chi connectivity index (χ0v) is 22.6. The van der Waals surface area contributed by atoms with Crippen LogP contribution in [0.3, 0.4) is 0 Å². The van der Waals surface area contributed by atoms with Gasteiger partial charge in [0.05, 0.1) is 21.5 Å². The molecule has 188 valence electrons. The van der Waals surface area contributed by atoms with Crippen LogP contribution in [0.15, 0.2) is 15.8 Å². The van der Waals surface area contributed by atoms with Crippen LogP contribution in [-0.2, 0) is 36.3 Å². The van der Waals surface area contributed by atoms with Crippen molar-refractivity contribution in [2.24, 2.45) is 0 Å². The quantitative estimate of drug-likeness (QED) is 0.142. The van der Waals surface area contributed by atoms with Crippen LogP contribution >= 0.6 is 23.5 Å². The van der Waals surface area contributed by atoms with Crippen molar-refractivity contribution >= 4 is 29.4 Å². The van der Waals surface area contributed by atoms with E-state index in [2.05, 4.69) is 17.9 Å². The first kappa shape index (κ1) is 42.3. The van der Waals surface area contributed by atoms with Gasteiger partial charge in [0.1, 0.15) is 23.9 Å². The van der Waals surface area contributed by atoms with Crippen molar-refractivity contribution in [3.63, 3.8) is 0 Å². The largest absolute Gasteiger partial charge is 1.00 e. The van der Waals surface area contributed by atoms with Crippen molar-refractivity contribution in [3.05, 3.63) is 32.6 Å². The number of aliphatic hydroxyl groups is 2. The van der Waals surface area contributed by atoms with Gasteiger partial charge in [0, 0.05) is 6.20 Å². The molecule has 0 amide bonds. The summed E-state index contributed by atoms with van der Waals surface area (Å²) < 4.78 is 53.3. The number of ether oxygens (including phenoxy) is 2. The summed E-state index contributed by atoms with van der Waals surface area (Å²) >= 11 is 0. The van der Waals surface area contributed by atoms with Gasteiger partial charge in [-0.25, -0.2) is 13.9 Å². The van der Waals surface area contributed by atoms with Crippen LogP contribution in [0.2, 0.25) is 0 Å². The molecule has 0 radical (unpaired) electrons. The molecule has 1 aliphatic heterocycles. The number of methoxy groups -OCH3 is 1. The molecule has 26 heteroatoms. The summed E-state index contributed by atoms with van der Waals surface area (Å²) in [5, 5.41) is 20.1. The van der Waals surface area contributed by atoms with Gasteiger partial charge in [0.2, 0.25) is 0 Å². The SMILES string of the molecule is COC(=O)c1cn(C2OC(COP(=O)([O-])OP(=O)([O-])OP(=O)([O-])[O-])C(O)C2O)c(=O)[nH]c1=O.[Li+].[Li+].[Li+].[Li+]. The molecule has 0 bridgehead atoms. The van der Waals surface area contributed by atoms with E-state index in [9.17, 15) is 57.9 Å². The fraction of sp³-hybridized carbons (Fsp3) is 0.545. The summed E-state index contributed by atoms with van der Waals surface area (Å²) in [7, 11) is -17.4. The van der Waals surface area contributed by atoms with E-state index in [-0.39, 0.29) is 75.4 Å². The second-order valence-corrected chi connectivity index (χ2v) is 10.3. The van der Waals surface area contributed by atoms with Crippen LogP contribution in [0.25, 0.3) is 0 Å². The summed E-state index contributed by atoms with van der Waals surface area (Å²) in [5.74, 6) is -1.17. The first-order valence-corrected chi connectivity index (χ1v) is 12.5. The molecule has 2 rings (SSSR count). The Balaban J connectivity index is -0.00000289. The number of carbonyl (C=O) groups is 1. The summed E-state index contributed by atoms with van der Waals surface area (Å²) in [6, 6.07) is 0. The number of phosphoric acid groups is 3. The van der Waals surface area contributed by atoms with Crippen molar-refractivity contribution in [2.45, 2.75) is 24.5 Å². The predicted octanol–water partition coefficient (Wildman–Crippen LogP) is -17.2. The van der Waals surface area contributed by atoms with Crippen LogP contribution < -0.4 is 106 Å². The smallest absolute Gasteiger partial charge is 0.790 e. The van der Waals surface area contributed by atoms with Crippen molar-refractivity contribution in [1.29, 1.82) is 0 Å². The third kappa shape index (κ3) is 12.1. The summed E-state index contributed by atoms with van der Waals surface area (Å²) in [6.45, 7) is -1.26. The third-order valence-corrected chi connectivity index (χ3v) is 7.45. The second kappa shape index (κ2) is 16.3. The van der Waals surface area contributed by atoms with Crippen molar-refractivity contribution in [3.8, 4) is 0 Å². The van der Waals surface area contributed by atoms with Gasteiger partial charge in [-0.2, -0.15) is 0 Å². The zero-order chi connectivity index (χ0) is 25.4. The second-order valence-electron chi connectivity index (χ2n) is 6.05. The Hall–Kier alpha value is 0.830. The van der Waals surface area contributed by atoms with E-state index in [0.29, 0.717) is 10.8 Å². The molecule has 6 atom stereocenters. The van der Waals surface area contributed by atoms with Crippen LogP contribution in [0.4, 0.5) is 0 Å². The van der Waals surface area contributed by atoms with Crippen LogP contribution in [0, 0.1) is 0 Å². The Morgan fingerprint density at radius 2 is 1.57 bits per heavy atom. The number of hydrogen-bond donors (Lipinski definition) is 3. The number of carbonyl (C=O) groups excluding carboxylic acids is 1. The van der Waals surface area contributed by atoms with E-state index in [1.807, 2.05) is 0 Å². The minimum Gasteiger partial charge on any atom is -0.790 e. The summed E-state index contributed by atoms with van der Waals surface area (Å²) in [5.41, 5.74) is -3.06. The van der Waals surface area contributed by atoms with E-state index in [0.717, 1.165) is 7.11 Å². The maximum atomic E-state index is 12.0. The van der Waals surface area contributed by atoms with Gasteiger partial charge in [0.15, 0.2) is 6.23 Å². The number of nitrogens with zero attached hydrogens (tertiary/aromatic N) is 1. The van der Waals surface area contributed by atoms with Gasteiger partial charge < -0.3 is 48.3 Å². The number of hydrogen-bond acceptors (Lipinski definition) is 17. The van der Waals surface area contributed by atoms with E-state index >= 15 is 0 Å². The molecule has 6 unspecified atom stereocenters. The van der Waals surface area contributed by atoms with Gasteiger partial charge >= 0.3 is 87.1 Å². The van der Waals surface area contributed by atoms with E-state index in [1.54, 1.807) is 4.98 Å². The van der Waals surface area contributed by atoms with Crippen LogP contribution in [-0.4, -0.2) is 57.8 Å². The molecule has 0 aliphatic carbocycles. The van der Waals surface area contributed by atoms with E-state index in [4.69, 9.17) is 4.74 Å². The number of aromatic nitrogens is 2. The topological polar surface area (TPSA) is 302 Å². The first-order chi connectivity index (χ1) is 15.0. The number of rotatable bonds is 9. The van der Waals surface area contributed by atoms with Crippen LogP contribution in [0.1, 0.15) is 16.6 Å². The van der Waals surface area contributed by atoms with E-state index < -0.39 is 77.4 Å². The van der Waals surface area contributed by atoms with Crippen molar-refractivity contribution in [1.82, 2.24) is 9.55 Å². The zero-order valence-electron chi connectivity index (χ0n) is 19.9. The molecule has 1 aromatic rings. The summed E-state index contributed by atoms with van der Waals surface area (Å²) in [6.07, 6.45) is -6.91. The molecule has 37 heavy (non-hydrogen) atoms. The Kier molecular flexibility index (Phi) is 18.7. The number of phosphoric ester groups is 1. The number of nitrogens with one attached hydrogen (secondary N) is 1. The standard InChI is InChI=1S/C11H17N2O17P3.4Li/c1-26-10(17)4-2-13(11(18)12-8(4)16)9-7(15)6(14)5(28-9)3-27-32(22,23)30-33(24,25)29-31(19,20)21;;;;/h2,5-7,9,14-15H,3H2,1H3,(H,22,23)(H,24,25)(H,12,16,18)(H2,19,20,21);;;;/q;4*+1/p-4. The molecule has 1 aliphatic rings. The summed E-state index contributed by atoms with van der Waals surface area (Å²) in [4.78, 5) is 80.3. The molecular formula is C11H13Li4N2O17P3. The Bertz CT molecular complexity index is 1170. The maximum absolute atomic E-state index is 12.0. The minimum atomic E-state index is -6.23. The van der Waals surface area contributed by atoms with Gasteiger partial charge in [-0.05, 0) is 0 Å². The normalized spacial score (nSPS) is 24.1. The molecule has 0 spiro atoms. The van der Waals surface area contributed by atoms with Crippen molar-refractivity contribution < 1.29 is 146 Å². The number of H-pyrrole nitrogens is 1. The van der Waals surface area contributed by atoms with Crippen LogP contribution in [0.5, 0.6) is 0 Å². The van der Waals surface area contributed by atoms with Gasteiger partial charge in [0.25, 0.3) is 21.2 Å². The number of esters is 1. The number of aliphatic hydroxyl groups excluding tert-OH is 2. The maximum Gasteiger partial charge on any atom is 1.00 e. The minimum absolute atomic E-state index is 0. The predicted molar refractivity (Wildman–Crippen MR) is 89.5 cm³/mol. The molecule has 1 saturated heterocycles. The number of aromatic amines is 1. The van der Waals surface area contributed by atoms with Crippen molar-refractivity contribution in [2.75, 3.05) is 13.7 Å². The third-order valence-electron chi connectivity index (χ3n) is 3.78. The average Bonchev–Trinajstić information content (AvgIpc) is 2.91. The van der Waals surface area contributed by atoms with E-state index in [1.165, 1.54) is 0 Å². The molecule has 0 aromatic carbocycles. The fourth-order valence-corrected chi connectivity index (χ4v) is 5.34. The average molecular weight is 566 g/mol. The fourth-order valence-electron chi connectivity index (χ4n) is 2.47. The van der Waals surface area contributed by atoms with Gasteiger partial charge in [-0.1, -0.05) is 0 Å². The molecule has 2 heterocycles. The monoisotopic (exact) mass is 566 g/mol. The molecule has 19 nitrogen and oxygen atoms in total. The Morgan fingerprint density at radius 1 is 1.03 bits per heavy atom. The molecular weight excluding hydrogens is 553 g/mol. The molecule has 0 saturated carbocycles.